The lowest BCUT2D eigenvalue weighted by molar-refractivity contribution is -0.138. The third kappa shape index (κ3) is 4.01. The van der Waals surface area contributed by atoms with Gasteiger partial charge in [-0.1, -0.05) is 30.3 Å². The summed E-state index contributed by atoms with van der Waals surface area (Å²) in [4.78, 5) is 51.1. The second kappa shape index (κ2) is 8.18. The predicted octanol–water partition coefficient (Wildman–Crippen LogP) is 0.896. The molecule has 1 aliphatic rings. The first-order valence-electron chi connectivity index (χ1n) is 8.92. The van der Waals surface area contributed by atoms with Crippen LogP contribution in [0.3, 0.4) is 0 Å². The summed E-state index contributed by atoms with van der Waals surface area (Å²) in [6.45, 7) is 3.49. The Bertz CT molecular complexity index is 1020. The molecule has 1 aromatic heterocycles. The zero-order valence-electron chi connectivity index (χ0n) is 15.7. The SMILES string of the molecule is Cc1c(Cc2ccccc2)n(C(C)OCCN2C(=O)C=CC2=O)c(=O)[nH]c1=O. The highest BCUT2D eigenvalue weighted by Crippen LogP contribution is 2.15. The number of ether oxygens (including phenoxy) is 1. The van der Waals surface area contributed by atoms with Gasteiger partial charge >= 0.3 is 5.69 Å². The van der Waals surface area contributed by atoms with Crippen molar-refractivity contribution >= 4 is 11.8 Å². The number of hydrogen-bond donors (Lipinski definition) is 1. The van der Waals surface area contributed by atoms with Crippen molar-refractivity contribution in [3.63, 3.8) is 0 Å². The number of aromatic nitrogens is 2. The van der Waals surface area contributed by atoms with E-state index >= 15 is 0 Å². The van der Waals surface area contributed by atoms with Crippen molar-refractivity contribution in [2.75, 3.05) is 13.2 Å². The van der Waals surface area contributed by atoms with Gasteiger partial charge in [-0.2, -0.15) is 0 Å². The highest BCUT2D eigenvalue weighted by atomic mass is 16.5. The molecule has 0 saturated carbocycles. The molecule has 0 spiro atoms. The van der Waals surface area contributed by atoms with E-state index in [0.29, 0.717) is 17.7 Å². The fourth-order valence-corrected chi connectivity index (χ4v) is 3.12. The Morgan fingerprint density at radius 3 is 2.32 bits per heavy atom. The summed E-state index contributed by atoms with van der Waals surface area (Å²) in [7, 11) is 0. The van der Waals surface area contributed by atoms with Crippen molar-refractivity contribution in [2.45, 2.75) is 26.5 Å². The second-order valence-corrected chi connectivity index (χ2v) is 6.49. The van der Waals surface area contributed by atoms with E-state index in [1.807, 2.05) is 30.3 Å². The third-order valence-electron chi connectivity index (χ3n) is 4.66. The Morgan fingerprint density at radius 1 is 1.04 bits per heavy atom. The van der Waals surface area contributed by atoms with Gasteiger partial charge in [0.2, 0.25) is 0 Å². The maximum atomic E-state index is 12.5. The lowest BCUT2D eigenvalue weighted by atomic mass is 10.1. The molecule has 0 bridgehead atoms. The van der Waals surface area contributed by atoms with Crippen LogP contribution in [0.2, 0.25) is 0 Å². The van der Waals surface area contributed by atoms with Crippen LogP contribution in [0.15, 0.2) is 52.1 Å². The molecular weight excluding hydrogens is 362 g/mol. The van der Waals surface area contributed by atoms with Crippen molar-refractivity contribution in [2.24, 2.45) is 0 Å². The summed E-state index contributed by atoms with van der Waals surface area (Å²) in [5.74, 6) is -0.772. The molecule has 0 saturated heterocycles. The van der Waals surface area contributed by atoms with Gasteiger partial charge in [-0.05, 0) is 19.4 Å². The largest absolute Gasteiger partial charge is 0.356 e. The quantitative estimate of drug-likeness (QED) is 0.716. The number of rotatable bonds is 7. The van der Waals surface area contributed by atoms with Crippen LogP contribution in [0.5, 0.6) is 0 Å². The Morgan fingerprint density at radius 2 is 1.68 bits per heavy atom. The van der Waals surface area contributed by atoms with Crippen molar-refractivity contribution in [1.29, 1.82) is 0 Å². The normalized spacial score (nSPS) is 14.7. The zero-order valence-corrected chi connectivity index (χ0v) is 15.7. The standard InChI is InChI=1S/C20H21N3O5/c1-13-16(12-15-6-4-3-5-7-15)23(20(27)21-19(13)26)14(2)28-11-10-22-17(24)8-9-18(22)25/h3-9,14H,10-12H2,1-2H3,(H,21,26,27). The first-order valence-corrected chi connectivity index (χ1v) is 8.92. The van der Waals surface area contributed by atoms with E-state index in [9.17, 15) is 19.2 Å². The first-order chi connectivity index (χ1) is 13.4. The van der Waals surface area contributed by atoms with Crippen LogP contribution in [0.4, 0.5) is 0 Å². The molecule has 0 fully saturated rings. The monoisotopic (exact) mass is 383 g/mol. The highest BCUT2D eigenvalue weighted by molar-refractivity contribution is 6.12. The van der Waals surface area contributed by atoms with Crippen LogP contribution in [-0.4, -0.2) is 39.4 Å². The Labute approximate surface area is 161 Å². The van der Waals surface area contributed by atoms with Crippen LogP contribution in [0.25, 0.3) is 0 Å². The first kappa shape index (κ1) is 19.5. The number of nitrogens with zero attached hydrogens (tertiary/aromatic N) is 2. The average molecular weight is 383 g/mol. The van der Waals surface area contributed by atoms with E-state index in [0.717, 1.165) is 10.5 Å². The molecule has 2 aromatic rings. The summed E-state index contributed by atoms with van der Waals surface area (Å²) in [5.41, 5.74) is 0.953. The molecule has 8 nitrogen and oxygen atoms in total. The molecular formula is C20H21N3O5. The van der Waals surface area contributed by atoms with Gasteiger partial charge < -0.3 is 4.74 Å². The van der Waals surface area contributed by atoms with E-state index in [-0.39, 0.29) is 25.0 Å². The van der Waals surface area contributed by atoms with Gasteiger partial charge in [0.1, 0.15) is 6.23 Å². The van der Waals surface area contributed by atoms with Crippen molar-refractivity contribution in [3.8, 4) is 0 Å². The Hall–Kier alpha value is -3.26. The molecule has 0 radical (unpaired) electrons. The van der Waals surface area contributed by atoms with Gasteiger partial charge in [-0.3, -0.25) is 28.8 Å². The molecule has 1 N–H and O–H groups in total. The van der Waals surface area contributed by atoms with Crippen LogP contribution in [0, 0.1) is 6.92 Å². The Balaban J connectivity index is 1.81. The second-order valence-electron chi connectivity index (χ2n) is 6.49. The number of carbonyl (C=O) groups is 2. The van der Waals surface area contributed by atoms with E-state index in [4.69, 9.17) is 4.74 Å². The maximum absolute atomic E-state index is 12.5. The number of imide groups is 1. The smallest absolute Gasteiger partial charge is 0.330 e. The maximum Gasteiger partial charge on any atom is 0.330 e. The van der Waals surface area contributed by atoms with Gasteiger partial charge in [0.05, 0.1) is 13.2 Å². The lowest BCUT2D eigenvalue weighted by Crippen LogP contribution is -2.38. The van der Waals surface area contributed by atoms with E-state index in [1.165, 1.54) is 16.7 Å². The number of nitrogens with one attached hydrogen (secondary N) is 1. The fourth-order valence-electron chi connectivity index (χ4n) is 3.12. The van der Waals surface area contributed by atoms with Crippen molar-refractivity contribution in [1.82, 2.24) is 14.5 Å². The summed E-state index contributed by atoms with van der Waals surface area (Å²) >= 11 is 0. The molecule has 1 unspecified atom stereocenters. The van der Waals surface area contributed by atoms with Gasteiger partial charge in [-0.15, -0.1) is 0 Å². The van der Waals surface area contributed by atoms with Gasteiger partial charge in [0, 0.05) is 29.8 Å². The van der Waals surface area contributed by atoms with Crippen molar-refractivity contribution in [3.05, 3.63) is 80.1 Å². The highest BCUT2D eigenvalue weighted by Gasteiger charge is 2.23. The molecule has 28 heavy (non-hydrogen) atoms. The van der Waals surface area contributed by atoms with Gasteiger partial charge in [0.15, 0.2) is 0 Å². The van der Waals surface area contributed by atoms with Crippen molar-refractivity contribution < 1.29 is 14.3 Å². The van der Waals surface area contributed by atoms with E-state index < -0.39 is 17.5 Å². The minimum absolute atomic E-state index is 0.0652. The predicted molar refractivity (Wildman–Crippen MR) is 102 cm³/mol. The number of hydrogen-bond acceptors (Lipinski definition) is 5. The molecule has 2 heterocycles. The summed E-state index contributed by atoms with van der Waals surface area (Å²) in [5, 5.41) is 0. The minimum Gasteiger partial charge on any atom is -0.356 e. The van der Waals surface area contributed by atoms with Crippen LogP contribution in [-0.2, 0) is 20.7 Å². The molecule has 1 atom stereocenters. The Kier molecular flexibility index (Phi) is 5.70. The fraction of sp³-hybridized carbons (Fsp3) is 0.300. The third-order valence-corrected chi connectivity index (χ3v) is 4.66. The van der Waals surface area contributed by atoms with E-state index in [2.05, 4.69) is 4.98 Å². The topological polar surface area (TPSA) is 101 Å². The van der Waals surface area contributed by atoms with E-state index in [1.54, 1.807) is 13.8 Å². The minimum atomic E-state index is -0.692. The molecule has 1 aliphatic heterocycles. The van der Waals surface area contributed by atoms with Crippen LogP contribution < -0.4 is 11.2 Å². The number of amides is 2. The lowest BCUT2D eigenvalue weighted by Gasteiger charge is -2.22. The molecule has 2 amide bonds. The van der Waals surface area contributed by atoms with Gasteiger partial charge in [-0.25, -0.2) is 4.79 Å². The summed E-state index contributed by atoms with van der Waals surface area (Å²) in [6.07, 6.45) is 2.12. The molecule has 3 rings (SSSR count). The number of benzene rings is 1. The molecule has 8 heteroatoms. The molecule has 146 valence electrons. The molecule has 1 aromatic carbocycles. The number of H-pyrrole nitrogens is 1. The zero-order chi connectivity index (χ0) is 20.3. The van der Waals surface area contributed by atoms with Crippen LogP contribution >= 0.6 is 0 Å². The molecule has 0 aliphatic carbocycles. The number of aromatic amines is 1. The average Bonchev–Trinajstić information content (AvgIpc) is 2.98. The summed E-state index contributed by atoms with van der Waals surface area (Å²) < 4.78 is 7.11. The van der Waals surface area contributed by atoms with Crippen LogP contribution in [0.1, 0.15) is 30.0 Å². The summed E-state index contributed by atoms with van der Waals surface area (Å²) in [6, 6.07) is 9.50. The van der Waals surface area contributed by atoms with Gasteiger partial charge in [0.25, 0.3) is 17.4 Å². The number of carbonyl (C=O) groups excluding carboxylic acids is 2.